The first kappa shape index (κ1) is 23.6. The van der Waals surface area contributed by atoms with Gasteiger partial charge < -0.3 is 20.6 Å². The van der Waals surface area contributed by atoms with Crippen LogP contribution in [0.5, 0.6) is 0 Å². The van der Waals surface area contributed by atoms with Gasteiger partial charge in [0, 0.05) is 64.5 Å². The normalized spacial score (nSPS) is 15.8. The van der Waals surface area contributed by atoms with Gasteiger partial charge in [0.1, 0.15) is 10.7 Å². The maximum Gasteiger partial charge on any atom is 0.275 e. The van der Waals surface area contributed by atoms with Crippen molar-refractivity contribution in [2.24, 2.45) is 9.98 Å². The molecular weight excluding hydrogens is 450 g/mol. The fourth-order valence-corrected chi connectivity index (χ4v) is 4.30. The number of nitrogen functional groups attached to an aromatic ring is 1. The van der Waals surface area contributed by atoms with Crippen molar-refractivity contribution in [2.45, 2.75) is 38.2 Å². The van der Waals surface area contributed by atoms with Crippen LogP contribution in [0.3, 0.4) is 0 Å². The Labute approximate surface area is 202 Å². The highest BCUT2D eigenvalue weighted by Gasteiger charge is 2.19. The van der Waals surface area contributed by atoms with Gasteiger partial charge in [-0.25, -0.2) is 4.98 Å². The van der Waals surface area contributed by atoms with E-state index in [2.05, 4.69) is 20.3 Å². The molecule has 0 aliphatic carbocycles. The van der Waals surface area contributed by atoms with Crippen LogP contribution in [0.2, 0.25) is 0 Å². The molecule has 1 atom stereocenters. The Morgan fingerprint density at radius 1 is 1.44 bits per heavy atom. The van der Waals surface area contributed by atoms with E-state index in [0.29, 0.717) is 35.6 Å². The number of hydrogen-bond donors (Lipinski definition) is 3. The molecule has 3 heterocycles. The number of carbonyl (C=O) groups excluding carboxylic acids is 1. The van der Waals surface area contributed by atoms with Crippen molar-refractivity contribution in [2.75, 3.05) is 17.6 Å². The summed E-state index contributed by atoms with van der Waals surface area (Å²) >= 11 is 1.46. The van der Waals surface area contributed by atoms with Crippen LogP contribution in [-0.2, 0) is 0 Å². The Bertz CT molecular complexity index is 1240. The van der Waals surface area contributed by atoms with Crippen molar-refractivity contribution < 1.29 is 14.3 Å². The summed E-state index contributed by atoms with van der Waals surface area (Å²) in [5.41, 5.74) is 9.12. The maximum atomic E-state index is 13.1. The van der Waals surface area contributed by atoms with Gasteiger partial charge in [0.2, 0.25) is 0 Å². The van der Waals surface area contributed by atoms with Crippen LogP contribution >= 0.6 is 11.3 Å². The van der Waals surface area contributed by atoms with Crippen molar-refractivity contribution in [3.8, 4) is 11.1 Å². The molecule has 34 heavy (non-hydrogen) atoms. The molecule has 176 valence electrons. The summed E-state index contributed by atoms with van der Waals surface area (Å²) in [6, 6.07) is 5.38. The second-order valence-electron chi connectivity index (χ2n) is 8.68. The molecule has 1 aliphatic heterocycles. The van der Waals surface area contributed by atoms with E-state index in [9.17, 15) is 9.90 Å². The van der Waals surface area contributed by atoms with Crippen LogP contribution in [0.25, 0.3) is 11.1 Å². The predicted molar refractivity (Wildman–Crippen MR) is 137 cm³/mol. The molecule has 1 unspecified atom stereocenters. The van der Waals surface area contributed by atoms with Crippen molar-refractivity contribution in [1.82, 2.24) is 4.98 Å². The zero-order valence-corrected chi connectivity index (χ0v) is 19.9. The molecule has 0 fully saturated rings. The van der Waals surface area contributed by atoms with E-state index in [1.807, 2.05) is 12.3 Å². The zero-order chi connectivity index (χ0) is 24.1. The number of aromatic nitrogens is 1. The number of carbonyl (C=O) groups is 1. The molecule has 9 heteroatoms. The van der Waals surface area contributed by atoms with Crippen LogP contribution in [0.1, 0.15) is 53.7 Å². The van der Waals surface area contributed by atoms with Crippen LogP contribution in [0.15, 0.2) is 62.8 Å². The third-order valence-corrected chi connectivity index (χ3v) is 6.30. The molecule has 4 rings (SSSR count). The molecule has 4 N–H and O–H groups in total. The number of amides is 1. The Morgan fingerprint density at radius 2 is 2.29 bits per heavy atom. The lowest BCUT2D eigenvalue weighted by Gasteiger charge is -2.15. The second kappa shape index (κ2) is 10.1. The van der Waals surface area contributed by atoms with E-state index in [1.165, 1.54) is 11.3 Å². The first-order chi connectivity index (χ1) is 16.3. The SMILES string of the molecule is CC(C)(O)CCN=Cc1cc(NC(=O)c2csc(C3C=CN=CC3)n2)c(-c2ccoc2)cc1N. The number of nitrogens with one attached hydrogen (secondary N) is 1. The molecule has 8 nitrogen and oxygen atoms in total. The molecule has 0 bridgehead atoms. The highest BCUT2D eigenvalue weighted by atomic mass is 32.1. The van der Waals surface area contributed by atoms with Gasteiger partial charge in [-0.1, -0.05) is 6.08 Å². The molecule has 0 saturated carbocycles. The lowest BCUT2D eigenvalue weighted by atomic mass is 10.0. The quantitative estimate of drug-likeness (QED) is 0.315. The van der Waals surface area contributed by atoms with E-state index in [-0.39, 0.29) is 11.8 Å². The minimum Gasteiger partial charge on any atom is -0.472 e. The van der Waals surface area contributed by atoms with Gasteiger partial charge in [-0.15, -0.1) is 11.3 Å². The van der Waals surface area contributed by atoms with Gasteiger partial charge in [0.25, 0.3) is 5.91 Å². The van der Waals surface area contributed by atoms with Crippen LogP contribution in [0.4, 0.5) is 11.4 Å². The van der Waals surface area contributed by atoms with Gasteiger partial charge in [0.15, 0.2) is 0 Å². The van der Waals surface area contributed by atoms with E-state index in [0.717, 1.165) is 22.6 Å². The molecule has 3 aromatic rings. The Hall–Kier alpha value is -3.56. The number of furan rings is 1. The summed E-state index contributed by atoms with van der Waals surface area (Å²) in [6.45, 7) is 3.94. The van der Waals surface area contributed by atoms with E-state index in [1.54, 1.807) is 62.4 Å². The number of thiazole rings is 1. The third-order valence-electron chi connectivity index (χ3n) is 5.33. The Kier molecular flexibility index (Phi) is 7.04. The second-order valence-corrected chi connectivity index (χ2v) is 9.57. The Balaban J connectivity index is 1.58. The van der Waals surface area contributed by atoms with E-state index >= 15 is 0 Å². The maximum absolute atomic E-state index is 13.1. The number of aliphatic hydroxyl groups is 1. The number of anilines is 2. The minimum atomic E-state index is -0.792. The van der Waals surface area contributed by atoms with Gasteiger partial charge in [-0.3, -0.25) is 14.8 Å². The fourth-order valence-electron chi connectivity index (χ4n) is 3.41. The number of rotatable bonds is 8. The summed E-state index contributed by atoms with van der Waals surface area (Å²) in [6.07, 6.45) is 11.7. The largest absolute Gasteiger partial charge is 0.472 e. The highest BCUT2D eigenvalue weighted by Crippen LogP contribution is 2.33. The Morgan fingerprint density at radius 3 is 3.00 bits per heavy atom. The summed E-state index contributed by atoms with van der Waals surface area (Å²) in [5, 5.41) is 15.5. The lowest BCUT2D eigenvalue weighted by Crippen LogP contribution is -2.19. The average molecular weight is 478 g/mol. The molecule has 1 aliphatic rings. The smallest absolute Gasteiger partial charge is 0.275 e. The molecule has 0 spiro atoms. The number of nitrogens with zero attached hydrogens (tertiary/aromatic N) is 3. The molecule has 0 radical (unpaired) electrons. The van der Waals surface area contributed by atoms with Crippen molar-refractivity contribution >= 4 is 41.0 Å². The lowest BCUT2D eigenvalue weighted by molar-refractivity contribution is 0.0739. The fraction of sp³-hybridized carbons (Fsp3) is 0.280. The molecule has 1 amide bonds. The summed E-state index contributed by atoms with van der Waals surface area (Å²) < 4.78 is 5.23. The number of allylic oxidation sites excluding steroid dienone is 1. The molecule has 0 saturated heterocycles. The van der Waals surface area contributed by atoms with Gasteiger partial charge in [0.05, 0.1) is 18.1 Å². The summed E-state index contributed by atoms with van der Waals surface area (Å²) in [5.74, 6) is -0.177. The first-order valence-corrected chi connectivity index (χ1v) is 11.8. The van der Waals surface area contributed by atoms with Crippen molar-refractivity contribution in [1.29, 1.82) is 0 Å². The van der Waals surface area contributed by atoms with E-state index < -0.39 is 5.60 Å². The molecular formula is C25H27N5O3S. The number of hydrogen-bond acceptors (Lipinski definition) is 8. The average Bonchev–Trinajstić information content (AvgIpc) is 3.51. The number of nitrogens with two attached hydrogens (primary N) is 1. The minimum absolute atomic E-state index is 0.133. The third kappa shape index (κ3) is 5.86. The van der Waals surface area contributed by atoms with Crippen LogP contribution in [0, 0.1) is 0 Å². The van der Waals surface area contributed by atoms with Crippen molar-refractivity contribution in [3.63, 3.8) is 0 Å². The van der Waals surface area contributed by atoms with E-state index in [4.69, 9.17) is 10.2 Å². The zero-order valence-electron chi connectivity index (χ0n) is 19.1. The summed E-state index contributed by atoms with van der Waals surface area (Å²) in [7, 11) is 0. The monoisotopic (exact) mass is 477 g/mol. The topological polar surface area (TPSA) is 126 Å². The standard InChI is InChI=1S/C25H27N5O3S/c1-25(2,32)6-9-28-13-18-11-21(19(12-20(18)26)17-5-10-33-14-17)29-23(31)22-15-34-24(30-22)16-3-7-27-8-4-16/h3,5,7-8,10-16,32H,4,6,9,26H2,1-2H3,(H,29,31). The van der Waals surface area contributed by atoms with Crippen molar-refractivity contribution in [3.05, 3.63) is 64.6 Å². The number of benzene rings is 1. The van der Waals surface area contributed by atoms with Gasteiger partial charge >= 0.3 is 0 Å². The van der Waals surface area contributed by atoms with Crippen LogP contribution in [-0.4, -0.2) is 40.6 Å². The molecule has 1 aromatic carbocycles. The number of aliphatic imine (C=N–C) groups is 2. The summed E-state index contributed by atoms with van der Waals surface area (Å²) in [4.78, 5) is 26.1. The van der Waals surface area contributed by atoms with Gasteiger partial charge in [-0.2, -0.15) is 0 Å². The highest BCUT2D eigenvalue weighted by molar-refractivity contribution is 7.10. The van der Waals surface area contributed by atoms with Crippen LogP contribution < -0.4 is 11.1 Å². The molecule has 2 aromatic heterocycles. The van der Waals surface area contributed by atoms with Gasteiger partial charge in [-0.05, 0) is 44.9 Å². The predicted octanol–water partition coefficient (Wildman–Crippen LogP) is 4.89. The first-order valence-electron chi connectivity index (χ1n) is 10.9.